The lowest BCUT2D eigenvalue weighted by Crippen LogP contribution is -2.02. The lowest BCUT2D eigenvalue weighted by molar-refractivity contribution is 0.719. The van der Waals surface area contributed by atoms with Crippen LogP contribution in [0, 0.1) is 0 Å². The molecule has 1 aromatic heterocycles. The van der Waals surface area contributed by atoms with Gasteiger partial charge in [-0.2, -0.15) is 0 Å². The van der Waals surface area contributed by atoms with E-state index in [1.807, 2.05) is 25.2 Å². The van der Waals surface area contributed by atoms with Crippen molar-refractivity contribution in [2.24, 2.45) is 12.8 Å². The van der Waals surface area contributed by atoms with Crippen LogP contribution in [-0.4, -0.2) is 15.0 Å². The molecule has 84 valence electrons. The lowest BCUT2D eigenvalue weighted by atomic mass is 10.1. The van der Waals surface area contributed by atoms with Crippen LogP contribution in [0.5, 0.6) is 0 Å². The van der Waals surface area contributed by atoms with E-state index in [1.165, 1.54) is 0 Å². The van der Waals surface area contributed by atoms with E-state index < -0.39 is 0 Å². The molecule has 0 amide bonds. The van der Waals surface area contributed by atoms with E-state index in [4.69, 9.17) is 17.3 Å². The standard InChI is InChI=1S/C10H10BrClN4/c1-16-9(10(11)14-15-16)8-3-2-7(12)4-6(8)5-13/h2-4H,5,13H2,1H3. The van der Waals surface area contributed by atoms with Crippen LogP contribution in [0.1, 0.15) is 5.56 Å². The molecule has 0 saturated carbocycles. The molecule has 0 fully saturated rings. The van der Waals surface area contributed by atoms with E-state index in [1.54, 1.807) is 4.68 Å². The highest BCUT2D eigenvalue weighted by Crippen LogP contribution is 2.30. The van der Waals surface area contributed by atoms with Crippen LogP contribution in [0.15, 0.2) is 22.8 Å². The topological polar surface area (TPSA) is 56.7 Å². The number of hydrogen-bond donors (Lipinski definition) is 1. The average Bonchev–Trinajstić information content (AvgIpc) is 2.59. The Morgan fingerprint density at radius 3 is 2.81 bits per heavy atom. The maximum absolute atomic E-state index is 5.93. The molecule has 2 N–H and O–H groups in total. The third-order valence-corrected chi connectivity index (χ3v) is 3.10. The van der Waals surface area contributed by atoms with Gasteiger partial charge in [0.1, 0.15) is 5.69 Å². The molecule has 0 spiro atoms. The number of nitrogens with two attached hydrogens (primary N) is 1. The fraction of sp³-hybridized carbons (Fsp3) is 0.200. The summed E-state index contributed by atoms with van der Waals surface area (Å²) in [6.45, 7) is 0.424. The van der Waals surface area contributed by atoms with Gasteiger partial charge in [-0.25, -0.2) is 4.68 Å². The van der Waals surface area contributed by atoms with Crippen molar-refractivity contribution >= 4 is 27.5 Å². The van der Waals surface area contributed by atoms with Crippen LogP contribution in [0.25, 0.3) is 11.3 Å². The molecule has 0 bridgehead atoms. The Labute approximate surface area is 107 Å². The van der Waals surface area contributed by atoms with Crippen molar-refractivity contribution in [1.29, 1.82) is 0 Å². The summed E-state index contributed by atoms with van der Waals surface area (Å²) < 4.78 is 2.40. The minimum absolute atomic E-state index is 0.424. The third-order valence-electron chi connectivity index (χ3n) is 2.33. The first-order chi connectivity index (χ1) is 7.63. The van der Waals surface area contributed by atoms with E-state index in [0.29, 0.717) is 16.2 Å². The summed E-state index contributed by atoms with van der Waals surface area (Å²) in [5, 5.41) is 8.56. The van der Waals surface area contributed by atoms with Gasteiger partial charge >= 0.3 is 0 Å². The first kappa shape index (κ1) is 11.6. The predicted octanol–water partition coefficient (Wildman–Crippen LogP) is 2.36. The summed E-state index contributed by atoms with van der Waals surface area (Å²) in [6, 6.07) is 5.61. The molecule has 1 aromatic carbocycles. The summed E-state index contributed by atoms with van der Waals surface area (Å²) in [5.74, 6) is 0. The van der Waals surface area contributed by atoms with E-state index in [-0.39, 0.29) is 0 Å². The molecule has 4 nitrogen and oxygen atoms in total. The second kappa shape index (κ2) is 4.53. The highest BCUT2D eigenvalue weighted by Gasteiger charge is 2.13. The number of halogens is 2. The average molecular weight is 302 g/mol. The van der Waals surface area contributed by atoms with Crippen LogP contribution in [0.4, 0.5) is 0 Å². The highest BCUT2D eigenvalue weighted by atomic mass is 79.9. The molecule has 0 aliphatic carbocycles. The van der Waals surface area contributed by atoms with E-state index in [2.05, 4.69) is 26.2 Å². The minimum Gasteiger partial charge on any atom is -0.326 e. The van der Waals surface area contributed by atoms with Gasteiger partial charge in [-0.05, 0) is 33.6 Å². The smallest absolute Gasteiger partial charge is 0.156 e. The molecule has 0 saturated heterocycles. The molecule has 2 rings (SSSR count). The van der Waals surface area contributed by atoms with Gasteiger partial charge in [-0.1, -0.05) is 22.9 Å². The molecular weight excluding hydrogens is 291 g/mol. The highest BCUT2D eigenvalue weighted by molar-refractivity contribution is 9.10. The van der Waals surface area contributed by atoms with Crippen molar-refractivity contribution in [3.63, 3.8) is 0 Å². The fourth-order valence-electron chi connectivity index (χ4n) is 1.58. The molecule has 2 aromatic rings. The molecule has 16 heavy (non-hydrogen) atoms. The predicted molar refractivity (Wildman–Crippen MR) is 67.0 cm³/mol. The minimum atomic E-state index is 0.424. The zero-order valence-corrected chi connectivity index (χ0v) is 11.0. The summed E-state index contributed by atoms with van der Waals surface area (Å²) in [4.78, 5) is 0. The van der Waals surface area contributed by atoms with Gasteiger partial charge in [-0.3, -0.25) is 0 Å². The summed E-state index contributed by atoms with van der Waals surface area (Å²) in [6.07, 6.45) is 0. The Balaban J connectivity index is 2.64. The van der Waals surface area contributed by atoms with Crippen LogP contribution < -0.4 is 5.73 Å². The number of aromatic nitrogens is 3. The van der Waals surface area contributed by atoms with Crippen LogP contribution >= 0.6 is 27.5 Å². The number of aryl methyl sites for hydroxylation is 1. The SMILES string of the molecule is Cn1nnc(Br)c1-c1ccc(Cl)cc1CN. The first-order valence-electron chi connectivity index (χ1n) is 4.67. The Morgan fingerprint density at radius 1 is 1.50 bits per heavy atom. The van der Waals surface area contributed by atoms with E-state index >= 15 is 0 Å². The molecule has 6 heteroatoms. The maximum atomic E-state index is 5.93. The number of benzene rings is 1. The zero-order chi connectivity index (χ0) is 11.7. The van der Waals surface area contributed by atoms with Crippen LogP contribution in [0.2, 0.25) is 5.02 Å². The summed E-state index contributed by atoms with van der Waals surface area (Å²) >= 11 is 9.30. The van der Waals surface area contributed by atoms with Gasteiger partial charge in [-0.15, -0.1) is 5.10 Å². The zero-order valence-electron chi connectivity index (χ0n) is 8.61. The van der Waals surface area contributed by atoms with Crippen molar-refractivity contribution in [2.45, 2.75) is 6.54 Å². The largest absolute Gasteiger partial charge is 0.326 e. The van der Waals surface area contributed by atoms with Crippen LogP contribution in [-0.2, 0) is 13.6 Å². The second-order valence-electron chi connectivity index (χ2n) is 3.36. The molecule has 0 radical (unpaired) electrons. The Kier molecular flexibility index (Phi) is 3.28. The molecule has 0 aliphatic heterocycles. The van der Waals surface area contributed by atoms with Crippen molar-refractivity contribution in [3.8, 4) is 11.3 Å². The number of hydrogen-bond acceptors (Lipinski definition) is 3. The first-order valence-corrected chi connectivity index (χ1v) is 5.84. The molecular formula is C10H10BrClN4. The Bertz CT molecular complexity index is 504. The van der Waals surface area contributed by atoms with Gasteiger partial charge < -0.3 is 5.73 Å². The molecule has 0 unspecified atom stereocenters. The normalized spacial score (nSPS) is 10.8. The van der Waals surface area contributed by atoms with Crippen molar-refractivity contribution in [1.82, 2.24) is 15.0 Å². The van der Waals surface area contributed by atoms with Gasteiger partial charge in [0.05, 0.1) is 0 Å². The van der Waals surface area contributed by atoms with Gasteiger partial charge in [0.2, 0.25) is 0 Å². The molecule has 0 aliphatic rings. The van der Waals surface area contributed by atoms with E-state index in [9.17, 15) is 0 Å². The molecule has 1 heterocycles. The van der Waals surface area contributed by atoms with Crippen molar-refractivity contribution in [2.75, 3.05) is 0 Å². The van der Waals surface area contributed by atoms with E-state index in [0.717, 1.165) is 16.8 Å². The third kappa shape index (κ3) is 1.98. The van der Waals surface area contributed by atoms with Crippen molar-refractivity contribution in [3.05, 3.63) is 33.4 Å². The van der Waals surface area contributed by atoms with Gasteiger partial charge in [0, 0.05) is 24.2 Å². The van der Waals surface area contributed by atoms with Crippen LogP contribution in [0.3, 0.4) is 0 Å². The summed E-state index contributed by atoms with van der Waals surface area (Å²) in [7, 11) is 1.84. The van der Waals surface area contributed by atoms with Gasteiger partial charge in [0.25, 0.3) is 0 Å². The number of rotatable bonds is 2. The lowest BCUT2D eigenvalue weighted by Gasteiger charge is -2.08. The number of nitrogens with zero attached hydrogens (tertiary/aromatic N) is 3. The maximum Gasteiger partial charge on any atom is 0.156 e. The molecule has 0 atom stereocenters. The quantitative estimate of drug-likeness (QED) is 0.926. The Morgan fingerprint density at radius 2 is 2.25 bits per heavy atom. The van der Waals surface area contributed by atoms with Crippen molar-refractivity contribution < 1.29 is 0 Å². The van der Waals surface area contributed by atoms with Gasteiger partial charge in [0.15, 0.2) is 4.60 Å². The second-order valence-corrected chi connectivity index (χ2v) is 4.55. The fourth-order valence-corrected chi connectivity index (χ4v) is 2.32. The monoisotopic (exact) mass is 300 g/mol. The Hall–Kier alpha value is -0.910. The summed E-state index contributed by atoms with van der Waals surface area (Å²) in [5.41, 5.74) is 8.56.